The van der Waals surface area contributed by atoms with Gasteiger partial charge in [0.25, 0.3) is 0 Å². The van der Waals surface area contributed by atoms with Crippen LogP contribution in [0, 0.1) is 7.14 Å². The van der Waals surface area contributed by atoms with Crippen molar-refractivity contribution in [3.63, 3.8) is 0 Å². The van der Waals surface area contributed by atoms with Gasteiger partial charge in [-0.05, 0) is 84.9 Å². The van der Waals surface area contributed by atoms with Crippen molar-refractivity contribution >= 4 is 72.7 Å². The summed E-state index contributed by atoms with van der Waals surface area (Å²) >= 11 is 14.5. The molecule has 2 rings (SSSR count). The Bertz CT molecular complexity index is 541. The van der Waals surface area contributed by atoms with Gasteiger partial charge < -0.3 is 0 Å². The molecule has 0 N–H and O–H groups in total. The van der Waals surface area contributed by atoms with E-state index in [1.165, 1.54) is 9.13 Å². The zero-order valence-electron chi connectivity index (χ0n) is 7.98. The van der Waals surface area contributed by atoms with Crippen LogP contribution in [0.15, 0.2) is 40.9 Å². The molecule has 0 aliphatic carbocycles. The minimum Gasteiger partial charge on any atom is -0.0836 e. The fourth-order valence-corrected chi connectivity index (χ4v) is 3.61. The molecule has 0 nitrogen and oxygen atoms in total. The second-order valence-electron chi connectivity index (χ2n) is 3.20. The Balaban J connectivity index is 2.74. The summed E-state index contributed by atoms with van der Waals surface area (Å²) in [5.74, 6) is 0. The van der Waals surface area contributed by atoms with Crippen LogP contribution in [0.5, 0.6) is 0 Å². The van der Waals surface area contributed by atoms with Crippen molar-refractivity contribution in [1.29, 1.82) is 0 Å². The lowest BCUT2D eigenvalue weighted by Gasteiger charge is -2.10. The normalized spacial score (nSPS) is 10.5. The molecule has 0 bridgehead atoms. The maximum atomic E-state index is 6.28. The lowest BCUT2D eigenvalue weighted by atomic mass is 10.1. The van der Waals surface area contributed by atoms with Crippen LogP contribution < -0.4 is 0 Å². The minimum atomic E-state index is 0.789. The molecule has 2 aromatic rings. The Morgan fingerprint density at radius 2 is 1.69 bits per heavy atom. The van der Waals surface area contributed by atoms with Crippen LogP contribution in [-0.2, 0) is 0 Å². The van der Waals surface area contributed by atoms with Gasteiger partial charge in [-0.3, -0.25) is 0 Å². The number of benzene rings is 2. The van der Waals surface area contributed by atoms with Crippen molar-refractivity contribution in [2.45, 2.75) is 0 Å². The maximum absolute atomic E-state index is 6.28. The van der Waals surface area contributed by atoms with Crippen LogP contribution in [0.25, 0.3) is 11.1 Å². The van der Waals surface area contributed by atoms with Crippen molar-refractivity contribution < 1.29 is 0 Å². The van der Waals surface area contributed by atoms with E-state index in [0.29, 0.717) is 0 Å². The van der Waals surface area contributed by atoms with Crippen LogP contribution in [0.3, 0.4) is 0 Å². The third-order valence-electron chi connectivity index (χ3n) is 2.19. The van der Waals surface area contributed by atoms with Gasteiger partial charge in [0, 0.05) is 22.2 Å². The van der Waals surface area contributed by atoms with E-state index in [-0.39, 0.29) is 0 Å². The van der Waals surface area contributed by atoms with E-state index in [1.807, 2.05) is 24.3 Å². The molecule has 82 valence electrons. The van der Waals surface area contributed by atoms with Crippen molar-refractivity contribution in [3.8, 4) is 11.1 Å². The Morgan fingerprint density at radius 3 is 2.38 bits per heavy atom. The van der Waals surface area contributed by atoms with Crippen molar-refractivity contribution in [3.05, 3.63) is 53.0 Å². The summed E-state index contributed by atoms with van der Waals surface area (Å²) in [6.07, 6.45) is 0. The first-order valence-electron chi connectivity index (χ1n) is 4.49. The third kappa shape index (κ3) is 2.57. The smallest absolute Gasteiger partial charge is 0.0496 e. The zero-order valence-corrected chi connectivity index (χ0v) is 14.6. The largest absolute Gasteiger partial charge is 0.0836 e. The molecule has 0 fully saturated rings. The lowest BCUT2D eigenvalue weighted by molar-refractivity contribution is 1.52. The molecule has 0 spiro atoms. The summed E-state index contributed by atoms with van der Waals surface area (Å²) in [5.41, 5.74) is 2.28. The van der Waals surface area contributed by atoms with E-state index in [0.717, 1.165) is 18.6 Å². The molecular weight excluding hydrogens is 513 g/mol. The fraction of sp³-hybridized carbons (Fsp3) is 0. The van der Waals surface area contributed by atoms with Gasteiger partial charge in [-0.15, -0.1) is 0 Å². The first-order chi connectivity index (χ1) is 7.61. The van der Waals surface area contributed by atoms with E-state index < -0.39 is 0 Å². The molecular formula is C12H6BrClI2. The Hall–Kier alpha value is 0.670. The van der Waals surface area contributed by atoms with Gasteiger partial charge in [-0.25, -0.2) is 0 Å². The SMILES string of the molecule is Clc1ccc(Br)c(I)c1-c1ccccc1I. The van der Waals surface area contributed by atoms with E-state index in [2.05, 4.69) is 73.2 Å². The summed E-state index contributed by atoms with van der Waals surface area (Å²) in [7, 11) is 0. The number of hydrogen-bond acceptors (Lipinski definition) is 0. The molecule has 0 aromatic heterocycles. The topological polar surface area (TPSA) is 0 Å². The van der Waals surface area contributed by atoms with Crippen molar-refractivity contribution in [2.75, 3.05) is 0 Å². The number of rotatable bonds is 1. The minimum absolute atomic E-state index is 0.789. The second-order valence-corrected chi connectivity index (χ2v) is 6.70. The average Bonchev–Trinajstić information content (AvgIpc) is 2.27. The predicted octanol–water partition coefficient (Wildman–Crippen LogP) is 5.98. The van der Waals surface area contributed by atoms with Crippen LogP contribution in [-0.4, -0.2) is 0 Å². The summed E-state index contributed by atoms with van der Waals surface area (Å²) in [5, 5.41) is 0.789. The molecule has 0 saturated carbocycles. The molecule has 0 amide bonds. The summed E-state index contributed by atoms with van der Waals surface area (Å²) in [6, 6.07) is 12.1. The molecule has 0 heterocycles. The van der Waals surface area contributed by atoms with E-state index in [4.69, 9.17) is 11.6 Å². The maximum Gasteiger partial charge on any atom is 0.0496 e. The highest BCUT2D eigenvalue weighted by atomic mass is 127. The molecule has 0 saturated heterocycles. The van der Waals surface area contributed by atoms with Gasteiger partial charge in [-0.1, -0.05) is 29.8 Å². The van der Waals surface area contributed by atoms with Crippen LogP contribution in [0.2, 0.25) is 5.02 Å². The first kappa shape index (κ1) is 13.1. The van der Waals surface area contributed by atoms with Gasteiger partial charge in [0.15, 0.2) is 0 Å². The first-order valence-corrected chi connectivity index (χ1v) is 7.82. The van der Waals surface area contributed by atoms with Gasteiger partial charge in [0.05, 0.1) is 0 Å². The zero-order chi connectivity index (χ0) is 11.7. The molecule has 0 atom stereocenters. The van der Waals surface area contributed by atoms with E-state index in [9.17, 15) is 0 Å². The van der Waals surface area contributed by atoms with Gasteiger partial charge in [0.1, 0.15) is 0 Å². The molecule has 16 heavy (non-hydrogen) atoms. The van der Waals surface area contributed by atoms with E-state index >= 15 is 0 Å². The van der Waals surface area contributed by atoms with Crippen LogP contribution in [0.1, 0.15) is 0 Å². The third-order valence-corrected chi connectivity index (χ3v) is 5.97. The molecule has 0 unspecified atom stereocenters. The summed E-state index contributed by atoms with van der Waals surface area (Å²) in [4.78, 5) is 0. The van der Waals surface area contributed by atoms with Crippen molar-refractivity contribution in [1.82, 2.24) is 0 Å². The van der Waals surface area contributed by atoms with E-state index in [1.54, 1.807) is 0 Å². The Labute approximate surface area is 135 Å². The number of halogens is 4. The fourth-order valence-electron chi connectivity index (χ4n) is 1.44. The number of hydrogen-bond donors (Lipinski definition) is 0. The quantitative estimate of drug-likeness (QED) is 0.322. The highest BCUT2D eigenvalue weighted by Crippen LogP contribution is 2.38. The summed E-state index contributed by atoms with van der Waals surface area (Å²) < 4.78 is 3.43. The molecule has 4 heteroatoms. The van der Waals surface area contributed by atoms with Gasteiger partial charge in [0.2, 0.25) is 0 Å². The standard InChI is InChI=1S/C12H6BrClI2/c13-8-5-6-9(14)11(12(8)16)7-3-1-2-4-10(7)15/h1-6H. The second kappa shape index (κ2) is 5.54. The summed E-state index contributed by atoms with van der Waals surface area (Å²) in [6.45, 7) is 0. The van der Waals surface area contributed by atoms with Crippen molar-refractivity contribution in [2.24, 2.45) is 0 Å². The lowest BCUT2D eigenvalue weighted by Crippen LogP contribution is -1.89. The van der Waals surface area contributed by atoms with Crippen LogP contribution >= 0.6 is 72.7 Å². The Kier molecular flexibility index (Phi) is 4.54. The van der Waals surface area contributed by atoms with Crippen LogP contribution in [0.4, 0.5) is 0 Å². The highest BCUT2D eigenvalue weighted by Gasteiger charge is 2.12. The molecule has 0 aliphatic heterocycles. The highest BCUT2D eigenvalue weighted by molar-refractivity contribution is 14.1. The monoisotopic (exact) mass is 518 g/mol. The molecule has 0 radical (unpaired) electrons. The Morgan fingerprint density at radius 1 is 1.00 bits per heavy atom. The average molecular weight is 519 g/mol. The van der Waals surface area contributed by atoms with Gasteiger partial charge >= 0.3 is 0 Å². The van der Waals surface area contributed by atoms with Gasteiger partial charge in [-0.2, -0.15) is 0 Å². The molecule has 0 aliphatic rings. The molecule has 2 aromatic carbocycles. The predicted molar refractivity (Wildman–Crippen MR) is 90.0 cm³/mol.